The average molecular weight is 449 g/mol. The zero-order valence-electron chi connectivity index (χ0n) is 18.8. The summed E-state index contributed by atoms with van der Waals surface area (Å²) in [5.41, 5.74) is 8.73. The molecule has 3 heterocycles. The molecule has 0 bridgehead atoms. The molecule has 2 saturated carbocycles. The second kappa shape index (κ2) is 9.74. The van der Waals surface area contributed by atoms with Gasteiger partial charge >= 0.3 is 0 Å². The quantitative estimate of drug-likeness (QED) is 0.452. The van der Waals surface area contributed by atoms with Crippen molar-refractivity contribution in [2.75, 3.05) is 16.0 Å². The Labute approximate surface area is 193 Å². The fourth-order valence-electron chi connectivity index (χ4n) is 4.87. The molecule has 3 aromatic rings. The molecule has 2 fully saturated rings. The van der Waals surface area contributed by atoms with Crippen LogP contribution < -0.4 is 21.7 Å². The van der Waals surface area contributed by atoms with Crippen molar-refractivity contribution in [3.05, 3.63) is 42.5 Å². The molecule has 9 nitrogen and oxygen atoms in total. The summed E-state index contributed by atoms with van der Waals surface area (Å²) in [7, 11) is 0. The number of nitrogens with two attached hydrogens (primary N) is 1. The highest BCUT2D eigenvalue weighted by molar-refractivity contribution is 6.03. The maximum absolute atomic E-state index is 13.0. The molecule has 0 unspecified atom stereocenters. The van der Waals surface area contributed by atoms with Crippen molar-refractivity contribution in [1.29, 1.82) is 0 Å². The predicted molar refractivity (Wildman–Crippen MR) is 130 cm³/mol. The van der Waals surface area contributed by atoms with E-state index in [1.54, 1.807) is 35.2 Å². The zero-order valence-corrected chi connectivity index (χ0v) is 18.8. The number of anilines is 3. The van der Waals surface area contributed by atoms with E-state index in [1.165, 1.54) is 19.3 Å². The van der Waals surface area contributed by atoms with Crippen molar-refractivity contribution in [3.63, 3.8) is 0 Å². The molecule has 5 rings (SSSR count). The highest BCUT2D eigenvalue weighted by Gasteiger charge is 2.22. The van der Waals surface area contributed by atoms with Crippen LogP contribution in [0.3, 0.4) is 0 Å². The van der Waals surface area contributed by atoms with E-state index >= 15 is 0 Å². The number of fused-ring (bicyclic) bond motifs is 1. The first-order valence-corrected chi connectivity index (χ1v) is 12.0. The van der Waals surface area contributed by atoms with Crippen LogP contribution in [0.15, 0.2) is 36.8 Å². The third kappa shape index (κ3) is 5.08. The smallest absolute Gasteiger partial charge is 0.276 e. The third-order valence-electron chi connectivity index (χ3n) is 6.73. The molecule has 0 saturated heterocycles. The molecular weight excluding hydrogens is 416 g/mol. The van der Waals surface area contributed by atoms with Gasteiger partial charge in [-0.15, -0.1) is 5.10 Å². The van der Waals surface area contributed by atoms with Crippen molar-refractivity contribution in [2.24, 2.45) is 5.73 Å². The lowest BCUT2D eigenvalue weighted by molar-refractivity contribution is 0.102. The van der Waals surface area contributed by atoms with Gasteiger partial charge in [0.2, 0.25) is 0 Å². The molecule has 174 valence electrons. The summed E-state index contributed by atoms with van der Waals surface area (Å²) in [6.07, 6.45) is 15.0. The number of hydrogen-bond acceptors (Lipinski definition) is 7. The number of aromatic nitrogens is 4. The number of nitrogens with zero attached hydrogens (tertiary/aromatic N) is 4. The van der Waals surface area contributed by atoms with Crippen molar-refractivity contribution in [3.8, 4) is 0 Å². The number of amides is 1. The van der Waals surface area contributed by atoms with Crippen molar-refractivity contribution >= 4 is 28.7 Å². The van der Waals surface area contributed by atoms with E-state index in [-0.39, 0.29) is 5.91 Å². The maximum atomic E-state index is 13.0. The van der Waals surface area contributed by atoms with Crippen LogP contribution in [0.1, 0.15) is 68.3 Å². The first kappa shape index (κ1) is 21.6. The Morgan fingerprint density at radius 2 is 1.70 bits per heavy atom. The van der Waals surface area contributed by atoms with Gasteiger partial charge in [-0.05, 0) is 50.7 Å². The zero-order chi connectivity index (χ0) is 22.6. The molecule has 2 aliphatic carbocycles. The van der Waals surface area contributed by atoms with Crippen LogP contribution in [0.5, 0.6) is 0 Å². The molecule has 0 aliphatic heterocycles. The monoisotopic (exact) mass is 448 g/mol. The molecule has 2 aliphatic rings. The van der Waals surface area contributed by atoms with Crippen molar-refractivity contribution in [1.82, 2.24) is 19.6 Å². The van der Waals surface area contributed by atoms with Crippen LogP contribution in [0.25, 0.3) is 5.65 Å². The van der Waals surface area contributed by atoms with Crippen LogP contribution in [-0.4, -0.2) is 43.6 Å². The van der Waals surface area contributed by atoms with E-state index in [0.717, 1.165) is 50.0 Å². The second-order valence-electron chi connectivity index (χ2n) is 9.25. The summed E-state index contributed by atoms with van der Waals surface area (Å²) in [6.45, 7) is 0. The number of hydrogen-bond donors (Lipinski definition) is 4. The first-order chi connectivity index (χ1) is 16.2. The Balaban J connectivity index is 1.45. The van der Waals surface area contributed by atoms with E-state index in [4.69, 9.17) is 10.8 Å². The molecule has 9 heteroatoms. The van der Waals surface area contributed by atoms with Crippen LogP contribution in [0, 0.1) is 0 Å². The number of nitrogens with one attached hydrogen (secondary N) is 3. The Bertz CT molecular complexity index is 1080. The van der Waals surface area contributed by atoms with E-state index in [9.17, 15) is 4.79 Å². The van der Waals surface area contributed by atoms with Gasteiger partial charge in [0.05, 0.1) is 11.9 Å². The lowest BCUT2D eigenvalue weighted by atomic mass is 9.92. The second-order valence-corrected chi connectivity index (χ2v) is 9.25. The minimum Gasteiger partial charge on any atom is -0.379 e. The SMILES string of the molecule is NC1CCC(Nc2cc(NC3CCCCC3)c3ncc(C(=O)Nc4ccncc4)n3n2)CC1. The molecule has 5 N–H and O–H groups in total. The molecule has 0 radical (unpaired) electrons. The molecule has 33 heavy (non-hydrogen) atoms. The Hall–Kier alpha value is -3.20. The Morgan fingerprint density at radius 3 is 2.45 bits per heavy atom. The van der Waals surface area contributed by atoms with Crippen LogP contribution in [0.2, 0.25) is 0 Å². The van der Waals surface area contributed by atoms with Gasteiger partial charge in [0.1, 0.15) is 5.82 Å². The number of carbonyl (C=O) groups excluding carboxylic acids is 1. The van der Waals surface area contributed by atoms with Crippen molar-refractivity contribution in [2.45, 2.75) is 75.9 Å². The summed E-state index contributed by atoms with van der Waals surface area (Å²) in [5.74, 6) is 0.489. The highest BCUT2D eigenvalue weighted by Crippen LogP contribution is 2.28. The third-order valence-corrected chi connectivity index (χ3v) is 6.73. The number of pyridine rings is 1. The molecule has 0 aromatic carbocycles. The largest absolute Gasteiger partial charge is 0.379 e. The number of imidazole rings is 1. The average Bonchev–Trinajstić information content (AvgIpc) is 3.26. The topological polar surface area (TPSA) is 122 Å². The number of rotatable bonds is 6. The van der Waals surface area contributed by atoms with Gasteiger partial charge in [-0.25, -0.2) is 9.50 Å². The van der Waals surface area contributed by atoms with Crippen LogP contribution >= 0.6 is 0 Å². The molecule has 3 aromatic heterocycles. The summed E-state index contributed by atoms with van der Waals surface area (Å²) in [6, 6.07) is 6.58. The Morgan fingerprint density at radius 1 is 0.970 bits per heavy atom. The van der Waals surface area contributed by atoms with Gasteiger partial charge in [-0.2, -0.15) is 0 Å². The van der Waals surface area contributed by atoms with E-state index < -0.39 is 0 Å². The minimum atomic E-state index is -0.259. The van der Waals surface area contributed by atoms with E-state index in [1.807, 2.05) is 6.07 Å². The first-order valence-electron chi connectivity index (χ1n) is 12.0. The molecule has 1 amide bonds. The lowest BCUT2D eigenvalue weighted by Crippen LogP contribution is -2.33. The van der Waals surface area contributed by atoms with Gasteiger partial charge in [-0.1, -0.05) is 19.3 Å². The molecular formula is C24H32N8O. The van der Waals surface area contributed by atoms with Gasteiger partial charge in [0.15, 0.2) is 11.3 Å². The van der Waals surface area contributed by atoms with Crippen molar-refractivity contribution < 1.29 is 4.79 Å². The Kier molecular flexibility index (Phi) is 6.39. The standard InChI is InChI=1S/C24H32N8O/c25-16-6-8-18(9-7-16)29-22-14-20(28-17-4-2-1-3-5-17)23-27-15-21(32(23)31-22)24(33)30-19-10-12-26-13-11-19/h10-18,28H,1-9,25H2,(H,29,31)(H,26,30,33). The summed E-state index contributed by atoms with van der Waals surface area (Å²) >= 11 is 0. The predicted octanol–water partition coefficient (Wildman–Crippen LogP) is 3.80. The maximum Gasteiger partial charge on any atom is 0.276 e. The van der Waals surface area contributed by atoms with Crippen LogP contribution in [-0.2, 0) is 0 Å². The molecule has 0 atom stereocenters. The fourth-order valence-corrected chi connectivity index (χ4v) is 4.87. The summed E-state index contributed by atoms with van der Waals surface area (Å²) in [4.78, 5) is 21.6. The van der Waals surface area contributed by atoms with Gasteiger partial charge < -0.3 is 21.7 Å². The van der Waals surface area contributed by atoms with Gasteiger partial charge in [-0.3, -0.25) is 9.78 Å². The van der Waals surface area contributed by atoms with Gasteiger partial charge in [0.25, 0.3) is 5.91 Å². The lowest BCUT2D eigenvalue weighted by Gasteiger charge is -2.28. The fraction of sp³-hybridized carbons (Fsp3) is 0.500. The normalized spacial score (nSPS) is 21.6. The highest BCUT2D eigenvalue weighted by atomic mass is 16.2. The number of carbonyl (C=O) groups is 1. The summed E-state index contributed by atoms with van der Waals surface area (Å²) < 4.78 is 1.65. The van der Waals surface area contributed by atoms with E-state index in [2.05, 4.69) is 25.9 Å². The van der Waals surface area contributed by atoms with E-state index in [0.29, 0.717) is 35.2 Å². The van der Waals surface area contributed by atoms with Crippen LogP contribution in [0.4, 0.5) is 17.2 Å². The van der Waals surface area contributed by atoms with Gasteiger partial charge in [0, 0.05) is 42.3 Å². The minimum absolute atomic E-state index is 0.259. The molecule has 0 spiro atoms. The summed E-state index contributed by atoms with van der Waals surface area (Å²) in [5, 5.41) is 14.9.